The quantitative estimate of drug-likeness (QED) is 0.612. The van der Waals surface area contributed by atoms with E-state index in [1.807, 2.05) is 45.0 Å². The van der Waals surface area contributed by atoms with Crippen LogP contribution in [-0.4, -0.2) is 39.5 Å². The number of hydrogen-bond donors (Lipinski definition) is 0. The van der Waals surface area contributed by atoms with Crippen LogP contribution in [0.4, 0.5) is 0 Å². The highest BCUT2D eigenvalue weighted by molar-refractivity contribution is 7.89. The lowest BCUT2D eigenvalue weighted by atomic mass is 10.1. The second-order valence-electron chi connectivity index (χ2n) is 3.91. The van der Waals surface area contributed by atoms with E-state index in [-0.39, 0.29) is 0 Å². The van der Waals surface area contributed by atoms with E-state index in [2.05, 4.69) is 4.40 Å². The molecule has 0 heterocycles. The average Bonchev–Trinajstić information content (AvgIpc) is 2.28. The first-order valence-electron chi connectivity index (χ1n) is 5.84. The predicted octanol–water partition coefficient (Wildman–Crippen LogP) is 2.29. The van der Waals surface area contributed by atoms with Crippen LogP contribution in [0.3, 0.4) is 0 Å². The lowest BCUT2D eigenvalue weighted by Gasteiger charge is -2.15. The highest BCUT2D eigenvalue weighted by Crippen LogP contribution is 2.07. The molecular formula is C13H22N2O2S. The van der Waals surface area contributed by atoms with E-state index in [0.717, 1.165) is 17.4 Å². The lowest BCUT2D eigenvalue weighted by molar-refractivity contribution is 0.597. The SMILES string of the molecule is CC.Cc1ccc(/C(=N/S(C)(=O)=O)N(C)C)cc1. The molecule has 0 atom stereocenters. The molecule has 1 rings (SSSR count). The zero-order valence-electron chi connectivity index (χ0n) is 11.9. The van der Waals surface area contributed by atoms with Crippen molar-refractivity contribution in [1.29, 1.82) is 0 Å². The summed E-state index contributed by atoms with van der Waals surface area (Å²) in [7, 11) is 0.155. The van der Waals surface area contributed by atoms with E-state index in [0.29, 0.717) is 5.84 Å². The Morgan fingerprint density at radius 1 is 1.11 bits per heavy atom. The molecule has 0 unspecified atom stereocenters. The molecular weight excluding hydrogens is 248 g/mol. The van der Waals surface area contributed by atoms with Gasteiger partial charge in [0.15, 0.2) is 0 Å². The number of hydrogen-bond acceptors (Lipinski definition) is 2. The van der Waals surface area contributed by atoms with Crippen molar-refractivity contribution in [1.82, 2.24) is 4.90 Å². The first-order valence-corrected chi connectivity index (χ1v) is 7.69. The van der Waals surface area contributed by atoms with E-state index >= 15 is 0 Å². The minimum atomic E-state index is -3.38. The lowest BCUT2D eigenvalue weighted by Crippen LogP contribution is -2.24. The molecule has 0 aliphatic rings. The van der Waals surface area contributed by atoms with E-state index in [1.54, 1.807) is 19.0 Å². The maximum atomic E-state index is 11.2. The summed E-state index contributed by atoms with van der Waals surface area (Å²) in [5.41, 5.74) is 1.92. The Morgan fingerprint density at radius 2 is 1.56 bits per heavy atom. The molecule has 102 valence electrons. The van der Waals surface area contributed by atoms with Crippen LogP contribution in [0.5, 0.6) is 0 Å². The topological polar surface area (TPSA) is 49.7 Å². The fourth-order valence-corrected chi connectivity index (χ4v) is 1.84. The molecule has 0 saturated heterocycles. The van der Waals surface area contributed by atoms with Gasteiger partial charge in [0.05, 0.1) is 6.26 Å². The second-order valence-corrected chi connectivity index (χ2v) is 5.56. The zero-order chi connectivity index (χ0) is 14.3. The van der Waals surface area contributed by atoms with E-state index in [4.69, 9.17) is 0 Å². The molecule has 1 aromatic rings. The number of sulfonamides is 1. The van der Waals surface area contributed by atoms with Crippen molar-refractivity contribution >= 4 is 15.9 Å². The largest absolute Gasteiger partial charge is 0.362 e. The van der Waals surface area contributed by atoms with Crippen molar-refractivity contribution in [3.05, 3.63) is 35.4 Å². The normalized spacial score (nSPS) is 11.6. The Kier molecular flexibility index (Phi) is 6.62. The summed E-state index contributed by atoms with van der Waals surface area (Å²) < 4.78 is 26.1. The molecule has 0 aromatic heterocycles. The van der Waals surface area contributed by atoms with Gasteiger partial charge in [-0.3, -0.25) is 0 Å². The minimum Gasteiger partial charge on any atom is -0.362 e. The molecule has 0 spiro atoms. The zero-order valence-corrected chi connectivity index (χ0v) is 12.7. The Balaban J connectivity index is 0.00000137. The third-order valence-corrected chi connectivity index (χ3v) is 2.49. The second kappa shape index (κ2) is 7.16. The van der Waals surface area contributed by atoms with E-state index in [9.17, 15) is 8.42 Å². The van der Waals surface area contributed by atoms with Crippen LogP contribution in [0.2, 0.25) is 0 Å². The monoisotopic (exact) mass is 270 g/mol. The number of amidine groups is 1. The van der Waals surface area contributed by atoms with Crippen LogP contribution < -0.4 is 0 Å². The summed E-state index contributed by atoms with van der Waals surface area (Å²) in [6.45, 7) is 5.98. The first-order chi connectivity index (χ1) is 8.29. The predicted molar refractivity (Wildman–Crippen MR) is 77.6 cm³/mol. The molecule has 18 heavy (non-hydrogen) atoms. The molecule has 1 aromatic carbocycles. The van der Waals surface area contributed by atoms with Gasteiger partial charge >= 0.3 is 0 Å². The third-order valence-electron chi connectivity index (χ3n) is 1.99. The standard InChI is InChI=1S/C11H16N2O2S.C2H6/c1-9-5-7-10(8-6-9)11(13(2)3)12-16(4,14)15;1-2/h5-8H,1-4H3;1-2H3/b12-11-;. The summed E-state index contributed by atoms with van der Waals surface area (Å²) in [6, 6.07) is 7.58. The Bertz CT molecular complexity index is 488. The number of rotatable bonds is 2. The number of benzene rings is 1. The van der Waals surface area contributed by atoms with Gasteiger partial charge in [-0.15, -0.1) is 4.40 Å². The maximum absolute atomic E-state index is 11.2. The third kappa shape index (κ3) is 5.82. The van der Waals surface area contributed by atoms with Crippen molar-refractivity contribution in [2.24, 2.45) is 4.40 Å². The highest BCUT2D eigenvalue weighted by atomic mass is 32.2. The van der Waals surface area contributed by atoms with Gasteiger partial charge in [-0.1, -0.05) is 43.7 Å². The average molecular weight is 270 g/mol. The van der Waals surface area contributed by atoms with Crippen LogP contribution in [-0.2, 0) is 10.0 Å². The Hall–Kier alpha value is -1.36. The summed E-state index contributed by atoms with van der Waals surface area (Å²) in [6.07, 6.45) is 1.09. The fraction of sp³-hybridized carbons (Fsp3) is 0.462. The molecule has 0 bridgehead atoms. The van der Waals surface area contributed by atoms with Gasteiger partial charge in [0.25, 0.3) is 10.0 Å². The van der Waals surface area contributed by atoms with Gasteiger partial charge in [-0.25, -0.2) is 8.42 Å². The molecule has 0 saturated carbocycles. The number of aryl methyl sites for hydroxylation is 1. The summed E-state index contributed by atoms with van der Waals surface area (Å²) in [4.78, 5) is 1.69. The van der Waals surface area contributed by atoms with E-state index in [1.165, 1.54) is 0 Å². The van der Waals surface area contributed by atoms with Crippen molar-refractivity contribution in [2.75, 3.05) is 20.4 Å². The molecule has 0 fully saturated rings. The van der Waals surface area contributed by atoms with Crippen LogP contribution in [0.1, 0.15) is 25.0 Å². The van der Waals surface area contributed by atoms with Crippen molar-refractivity contribution in [3.8, 4) is 0 Å². The van der Waals surface area contributed by atoms with Gasteiger partial charge in [0.2, 0.25) is 0 Å². The highest BCUT2D eigenvalue weighted by Gasteiger charge is 2.09. The fourth-order valence-electron chi connectivity index (χ4n) is 1.25. The van der Waals surface area contributed by atoms with Gasteiger partial charge in [-0.05, 0) is 6.92 Å². The van der Waals surface area contributed by atoms with Gasteiger partial charge in [-0.2, -0.15) is 0 Å². The molecule has 0 amide bonds. The summed E-state index contributed by atoms with van der Waals surface area (Å²) in [5.74, 6) is 0.447. The van der Waals surface area contributed by atoms with E-state index < -0.39 is 10.0 Å². The van der Waals surface area contributed by atoms with Crippen LogP contribution in [0.15, 0.2) is 28.7 Å². The van der Waals surface area contributed by atoms with Crippen LogP contribution >= 0.6 is 0 Å². The molecule has 4 nitrogen and oxygen atoms in total. The molecule has 0 N–H and O–H groups in total. The molecule has 5 heteroatoms. The minimum absolute atomic E-state index is 0.447. The molecule has 0 aliphatic carbocycles. The molecule has 0 radical (unpaired) electrons. The maximum Gasteiger partial charge on any atom is 0.252 e. The summed E-state index contributed by atoms with van der Waals surface area (Å²) >= 11 is 0. The smallest absolute Gasteiger partial charge is 0.252 e. The summed E-state index contributed by atoms with van der Waals surface area (Å²) in [5, 5.41) is 0. The van der Waals surface area contributed by atoms with Crippen molar-refractivity contribution in [2.45, 2.75) is 20.8 Å². The first kappa shape index (κ1) is 16.6. The van der Waals surface area contributed by atoms with Crippen molar-refractivity contribution in [3.63, 3.8) is 0 Å². The van der Waals surface area contributed by atoms with Crippen molar-refractivity contribution < 1.29 is 8.42 Å². The number of nitrogens with zero attached hydrogens (tertiary/aromatic N) is 2. The van der Waals surface area contributed by atoms with Gasteiger partial charge in [0, 0.05) is 19.7 Å². The van der Waals surface area contributed by atoms with Gasteiger partial charge in [0.1, 0.15) is 5.84 Å². The Labute approximate surface area is 110 Å². The van der Waals surface area contributed by atoms with Crippen LogP contribution in [0, 0.1) is 6.92 Å². The van der Waals surface area contributed by atoms with Gasteiger partial charge < -0.3 is 4.90 Å². The molecule has 0 aliphatic heterocycles. The Morgan fingerprint density at radius 3 is 1.89 bits per heavy atom. The van der Waals surface area contributed by atoms with Crippen LogP contribution in [0.25, 0.3) is 0 Å².